The molecule has 0 aromatic heterocycles. The van der Waals surface area contributed by atoms with Gasteiger partial charge in [0.15, 0.2) is 12.0 Å². The first kappa shape index (κ1) is 13.3. The number of esters is 1. The van der Waals surface area contributed by atoms with Crippen molar-refractivity contribution in [1.29, 1.82) is 0 Å². The monoisotopic (exact) mass is 259 g/mol. The lowest BCUT2D eigenvalue weighted by Gasteiger charge is -2.23. The summed E-state index contributed by atoms with van der Waals surface area (Å²) in [7, 11) is 0. The minimum absolute atomic E-state index is 0.0764. The number of carbonyl (C=O) groups is 2. The molecule has 2 aliphatic rings. The lowest BCUT2D eigenvalue weighted by molar-refractivity contribution is -0.195. The number of hydrogen-bond donors (Lipinski definition) is 1. The molecule has 7 nitrogen and oxygen atoms in total. The van der Waals surface area contributed by atoms with E-state index in [1.165, 1.54) is 6.92 Å². The molecule has 2 aliphatic heterocycles. The maximum absolute atomic E-state index is 10.8. The van der Waals surface area contributed by atoms with E-state index in [9.17, 15) is 9.59 Å². The second kappa shape index (κ2) is 4.83. The molecule has 2 heterocycles. The topological polar surface area (TPSA) is 83.1 Å². The molecule has 2 rings (SSSR count). The van der Waals surface area contributed by atoms with Gasteiger partial charge in [-0.15, -0.1) is 0 Å². The van der Waals surface area contributed by atoms with Crippen LogP contribution in [0.15, 0.2) is 0 Å². The zero-order valence-corrected chi connectivity index (χ0v) is 10.5. The molecule has 0 aromatic carbocycles. The lowest BCUT2D eigenvalue weighted by Crippen LogP contribution is -2.39. The highest BCUT2D eigenvalue weighted by molar-refractivity contribution is 5.65. The molecule has 0 aromatic rings. The zero-order chi connectivity index (χ0) is 13.3. The first-order valence-electron chi connectivity index (χ1n) is 5.77. The number of rotatable bonds is 4. The van der Waals surface area contributed by atoms with Crippen LogP contribution in [0.3, 0.4) is 0 Å². The van der Waals surface area contributed by atoms with Crippen LogP contribution in [0.4, 0.5) is 0 Å². The van der Waals surface area contributed by atoms with E-state index in [0.29, 0.717) is 6.41 Å². The van der Waals surface area contributed by atoms with Crippen LogP contribution in [0.2, 0.25) is 0 Å². The van der Waals surface area contributed by atoms with Crippen molar-refractivity contribution in [2.24, 2.45) is 0 Å². The van der Waals surface area contributed by atoms with Crippen LogP contribution in [0.5, 0.6) is 0 Å². The first-order chi connectivity index (χ1) is 8.43. The van der Waals surface area contributed by atoms with Crippen LogP contribution in [-0.2, 0) is 28.5 Å². The van der Waals surface area contributed by atoms with Crippen molar-refractivity contribution in [3.05, 3.63) is 0 Å². The van der Waals surface area contributed by atoms with Crippen LogP contribution >= 0.6 is 0 Å². The zero-order valence-electron chi connectivity index (χ0n) is 10.5. The maximum atomic E-state index is 10.8. The molecule has 0 unspecified atom stereocenters. The van der Waals surface area contributed by atoms with Crippen molar-refractivity contribution in [1.82, 2.24) is 5.32 Å². The molecule has 102 valence electrons. The molecule has 1 N–H and O–H groups in total. The van der Waals surface area contributed by atoms with E-state index in [1.807, 2.05) is 0 Å². The SMILES string of the molecule is CC(=O)OC[C@H]1O[C@H](NC=O)[C@@H]2OC(C)(C)O[C@@H]21. The van der Waals surface area contributed by atoms with Gasteiger partial charge in [0.05, 0.1) is 0 Å². The number of hydrogen-bond acceptors (Lipinski definition) is 6. The average Bonchev–Trinajstić information content (AvgIpc) is 2.71. The Labute approximate surface area is 105 Å². The fourth-order valence-corrected chi connectivity index (χ4v) is 2.22. The van der Waals surface area contributed by atoms with Crippen LogP contribution in [0, 0.1) is 0 Å². The number of ether oxygens (including phenoxy) is 4. The molecule has 4 atom stereocenters. The van der Waals surface area contributed by atoms with Crippen molar-refractivity contribution >= 4 is 12.4 Å². The van der Waals surface area contributed by atoms with E-state index in [4.69, 9.17) is 18.9 Å². The summed E-state index contributed by atoms with van der Waals surface area (Å²) >= 11 is 0. The van der Waals surface area contributed by atoms with Gasteiger partial charge in [-0.05, 0) is 13.8 Å². The highest BCUT2D eigenvalue weighted by atomic mass is 16.8. The maximum Gasteiger partial charge on any atom is 0.302 e. The van der Waals surface area contributed by atoms with E-state index in [1.54, 1.807) is 13.8 Å². The summed E-state index contributed by atoms with van der Waals surface area (Å²) in [6.07, 6.45) is -1.25. The molecule has 2 saturated heterocycles. The van der Waals surface area contributed by atoms with Gasteiger partial charge in [-0.2, -0.15) is 0 Å². The standard InChI is InChI=1S/C11H17NO6/c1-6(14)15-4-7-8-9(10(16-7)12-5-13)18-11(2,3)17-8/h5,7-10H,4H2,1-3H3,(H,12,13)/t7-,8-,9-,10+/m1/s1. The molecule has 18 heavy (non-hydrogen) atoms. The molecule has 0 radical (unpaired) electrons. The Bertz CT molecular complexity index is 344. The summed E-state index contributed by atoms with van der Waals surface area (Å²) in [5.41, 5.74) is 0. The highest BCUT2D eigenvalue weighted by Crippen LogP contribution is 2.37. The largest absolute Gasteiger partial charge is 0.463 e. The van der Waals surface area contributed by atoms with Crippen LogP contribution in [0.1, 0.15) is 20.8 Å². The molecule has 7 heteroatoms. The summed E-state index contributed by atoms with van der Waals surface area (Å²) in [6, 6.07) is 0. The van der Waals surface area contributed by atoms with Gasteiger partial charge in [-0.25, -0.2) is 0 Å². The molecular formula is C11H17NO6. The smallest absolute Gasteiger partial charge is 0.302 e. The van der Waals surface area contributed by atoms with Crippen molar-refractivity contribution < 1.29 is 28.5 Å². The van der Waals surface area contributed by atoms with E-state index in [0.717, 1.165) is 0 Å². The number of amides is 1. The van der Waals surface area contributed by atoms with E-state index in [2.05, 4.69) is 5.32 Å². The summed E-state index contributed by atoms with van der Waals surface area (Å²) < 4.78 is 21.8. The Hall–Kier alpha value is -1.18. The fourth-order valence-electron chi connectivity index (χ4n) is 2.22. The van der Waals surface area contributed by atoms with Crippen molar-refractivity contribution in [3.63, 3.8) is 0 Å². The Balaban J connectivity index is 2.04. The van der Waals surface area contributed by atoms with Crippen LogP contribution < -0.4 is 5.32 Å². The first-order valence-corrected chi connectivity index (χ1v) is 5.77. The third kappa shape index (κ3) is 2.63. The summed E-state index contributed by atoms with van der Waals surface area (Å²) in [5, 5.41) is 2.52. The molecular weight excluding hydrogens is 242 g/mol. The average molecular weight is 259 g/mol. The number of nitrogens with one attached hydrogen (secondary N) is 1. The molecule has 0 spiro atoms. The Morgan fingerprint density at radius 2 is 2.06 bits per heavy atom. The molecule has 0 bridgehead atoms. The molecule has 2 fully saturated rings. The quantitative estimate of drug-likeness (QED) is 0.543. The van der Waals surface area contributed by atoms with Gasteiger partial charge >= 0.3 is 5.97 Å². The normalized spacial score (nSPS) is 37.1. The Morgan fingerprint density at radius 1 is 1.39 bits per heavy atom. The molecule has 1 amide bonds. The third-order valence-corrected chi connectivity index (χ3v) is 2.83. The van der Waals surface area contributed by atoms with E-state index >= 15 is 0 Å². The second-order valence-electron chi connectivity index (χ2n) is 4.75. The van der Waals surface area contributed by atoms with E-state index in [-0.39, 0.29) is 18.7 Å². The third-order valence-electron chi connectivity index (χ3n) is 2.83. The number of fused-ring (bicyclic) bond motifs is 1. The van der Waals surface area contributed by atoms with Crippen LogP contribution in [-0.4, -0.2) is 49.3 Å². The van der Waals surface area contributed by atoms with Crippen molar-refractivity contribution in [3.8, 4) is 0 Å². The predicted octanol–water partition coefficient (Wildman–Crippen LogP) is -0.459. The lowest BCUT2D eigenvalue weighted by atomic mass is 10.1. The van der Waals surface area contributed by atoms with E-state index < -0.39 is 24.2 Å². The van der Waals surface area contributed by atoms with Gasteiger partial charge in [-0.1, -0.05) is 0 Å². The van der Waals surface area contributed by atoms with Gasteiger partial charge < -0.3 is 24.3 Å². The summed E-state index contributed by atoms with van der Waals surface area (Å²) in [4.78, 5) is 21.3. The van der Waals surface area contributed by atoms with Gasteiger partial charge in [0.25, 0.3) is 0 Å². The highest BCUT2D eigenvalue weighted by Gasteiger charge is 2.55. The van der Waals surface area contributed by atoms with Crippen LogP contribution in [0.25, 0.3) is 0 Å². The minimum atomic E-state index is -0.740. The minimum Gasteiger partial charge on any atom is -0.463 e. The number of carbonyl (C=O) groups excluding carboxylic acids is 2. The van der Waals surface area contributed by atoms with Gasteiger partial charge in [0.2, 0.25) is 6.41 Å². The fraction of sp³-hybridized carbons (Fsp3) is 0.818. The summed E-state index contributed by atoms with van der Waals surface area (Å²) in [6.45, 7) is 4.97. The Morgan fingerprint density at radius 3 is 2.67 bits per heavy atom. The Kier molecular flexibility index (Phi) is 3.56. The van der Waals surface area contributed by atoms with Crippen molar-refractivity contribution in [2.75, 3.05) is 6.61 Å². The van der Waals surface area contributed by atoms with Gasteiger partial charge in [-0.3, -0.25) is 9.59 Å². The second-order valence-corrected chi connectivity index (χ2v) is 4.75. The molecule has 0 aliphatic carbocycles. The predicted molar refractivity (Wildman–Crippen MR) is 58.3 cm³/mol. The van der Waals surface area contributed by atoms with Gasteiger partial charge in [0.1, 0.15) is 24.9 Å². The molecule has 0 saturated carbocycles. The van der Waals surface area contributed by atoms with Gasteiger partial charge in [0, 0.05) is 6.92 Å². The van der Waals surface area contributed by atoms with Crippen molar-refractivity contribution in [2.45, 2.75) is 51.1 Å². The summed E-state index contributed by atoms with van der Waals surface area (Å²) in [5.74, 6) is -1.13.